The summed E-state index contributed by atoms with van der Waals surface area (Å²) in [5, 5.41) is 2.65. The molecule has 0 radical (unpaired) electrons. The van der Waals surface area contributed by atoms with E-state index in [1.165, 1.54) is 151 Å². The summed E-state index contributed by atoms with van der Waals surface area (Å²) in [4.78, 5) is 2.52. The zero-order chi connectivity index (χ0) is 44.4. The molecule has 2 heteroatoms. The van der Waals surface area contributed by atoms with Crippen molar-refractivity contribution < 1.29 is 0 Å². The Morgan fingerprint density at radius 2 is 1.07 bits per heavy atom. The summed E-state index contributed by atoms with van der Waals surface area (Å²) >= 11 is 1.93. The van der Waals surface area contributed by atoms with Gasteiger partial charge in [-0.15, -0.1) is 11.3 Å². The minimum atomic E-state index is 0.0872. The van der Waals surface area contributed by atoms with Crippen LogP contribution in [0.1, 0.15) is 93.9 Å². The fourth-order valence-electron chi connectivity index (χ4n) is 15.1. The molecule has 328 valence electrons. The molecule has 0 saturated heterocycles. The van der Waals surface area contributed by atoms with Gasteiger partial charge in [0, 0.05) is 48.1 Å². The second-order valence-electron chi connectivity index (χ2n) is 21.3. The summed E-state index contributed by atoms with van der Waals surface area (Å²) in [6, 6.07) is 68.1. The van der Waals surface area contributed by atoms with Crippen LogP contribution in [0.4, 0.5) is 17.1 Å². The number of rotatable bonds is 5. The van der Waals surface area contributed by atoms with Crippen LogP contribution in [0.2, 0.25) is 0 Å². The maximum atomic E-state index is 2.58. The Hall–Kier alpha value is -6.22. The Morgan fingerprint density at radius 3 is 1.91 bits per heavy atom. The zero-order valence-electron chi connectivity index (χ0n) is 38.8. The summed E-state index contributed by atoms with van der Waals surface area (Å²) in [6.45, 7) is 5.09. The smallest absolute Gasteiger partial charge is 0.0468 e. The first-order valence-electron chi connectivity index (χ1n) is 25.4. The minimum Gasteiger partial charge on any atom is -0.310 e. The van der Waals surface area contributed by atoms with E-state index in [0.717, 1.165) is 17.8 Å². The highest BCUT2D eigenvalue weighted by Crippen LogP contribution is 2.65. The third-order valence-corrected chi connectivity index (χ3v) is 18.9. The van der Waals surface area contributed by atoms with E-state index in [1.54, 1.807) is 11.1 Å². The molecule has 9 aromatic rings. The van der Waals surface area contributed by atoms with E-state index < -0.39 is 0 Å². The maximum Gasteiger partial charge on any atom is 0.0468 e. The second-order valence-corrected chi connectivity index (χ2v) is 22.4. The largest absolute Gasteiger partial charge is 0.310 e. The first-order valence-corrected chi connectivity index (χ1v) is 26.2. The van der Waals surface area contributed by atoms with Gasteiger partial charge in [0.1, 0.15) is 0 Å². The lowest BCUT2D eigenvalue weighted by atomic mass is 9.49. The van der Waals surface area contributed by atoms with Crippen LogP contribution in [0.25, 0.3) is 64.7 Å². The van der Waals surface area contributed by atoms with Crippen LogP contribution in [0.15, 0.2) is 176 Å². The van der Waals surface area contributed by atoms with Crippen molar-refractivity contribution >= 4 is 48.6 Å². The molecule has 1 nitrogen and oxygen atoms in total. The molecule has 1 heterocycles. The van der Waals surface area contributed by atoms with Crippen molar-refractivity contribution in [3.05, 3.63) is 198 Å². The van der Waals surface area contributed by atoms with Gasteiger partial charge in [0.25, 0.3) is 0 Å². The molecule has 1 unspecified atom stereocenters. The van der Waals surface area contributed by atoms with Crippen molar-refractivity contribution in [3.8, 4) is 44.5 Å². The van der Waals surface area contributed by atoms with Gasteiger partial charge in [-0.1, -0.05) is 154 Å². The normalized spacial score (nSPS) is 23.0. The van der Waals surface area contributed by atoms with Gasteiger partial charge in [0.2, 0.25) is 0 Å². The van der Waals surface area contributed by atoms with Gasteiger partial charge in [0.15, 0.2) is 0 Å². The molecule has 3 saturated carbocycles. The van der Waals surface area contributed by atoms with Gasteiger partial charge in [-0.05, 0) is 184 Å². The lowest BCUT2D eigenvalue weighted by Gasteiger charge is -2.54. The molecular weight excluding hydrogens is 827 g/mol. The molecule has 67 heavy (non-hydrogen) atoms. The third-order valence-electron chi connectivity index (χ3n) is 17.8. The molecule has 0 N–H and O–H groups in total. The van der Waals surface area contributed by atoms with Crippen LogP contribution in [-0.2, 0) is 10.8 Å². The second kappa shape index (κ2) is 15.1. The first kappa shape index (κ1) is 39.9. The van der Waals surface area contributed by atoms with Crippen molar-refractivity contribution in [3.63, 3.8) is 0 Å². The Morgan fingerprint density at radius 1 is 0.433 bits per heavy atom. The third kappa shape index (κ3) is 5.91. The molecule has 2 bridgehead atoms. The standard InChI is InChI=1S/C65H57NS/c1-41-33-43-35-42(2)65(48(34-41)36-43)59-18-10-8-16-53(59)56-37-46(22-29-60(56)65)47-21-27-55-57-39-50(26-30-62(57)67-63(55)38-47)66(49-23-19-45(20-24-49)44-13-5-3-6-14-44)51-25-28-54-52-15-7-9-17-58(52)64(61(54)40-51)31-11-4-12-32-64/h3,5-10,13-30,37-43,48H,4,11-12,31-36H2,1-2H3/t41-,42+,43?,48+,65-/m1/s1. The molecular formula is C65H57NS. The van der Waals surface area contributed by atoms with E-state index in [9.17, 15) is 0 Å². The topological polar surface area (TPSA) is 3.24 Å². The van der Waals surface area contributed by atoms with E-state index in [-0.39, 0.29) is 10.8 Å². The van der Waals surface area contributed by atoms with Crippen LogP contribution in [0, 0.1) is 23.7 Å². The predicted octanol–water partition coefficient (Wildman–Crippen LogP) is 18.4. The number of hydrogen-bond acceptors (Lipinski definition) is 2. The number of anilines is 3. The molecule has 0 aliphatic heterocycles. The Labute approximate surface area is 400 Å². The molecule has 3 fully saturated rings. The number of fused-ring (bicyclic) bond motifs is 16. The predicted molar refractivity (Wildman–Crippen MR) is 284 cm³/mol. The summed E-state index contributed by atoms with van der Waals surface area (Å²) < 4.78 is 2.68. The monoisotopic (exact) mass is 883 g/mol. The van der Waals surface area contributed by atoms with Crippen molar-refractivity contribution in [1.82, 2.24) is 0 Å². The summed E-state index contributed by atoms with van der Waals surface area (Å²) in [5.74, 6) is 3.06. The Kier molecular flexibility index (Phi) is 9.02. The lowest BCUT2D eigenvalue weighted by Crippen LogP contribution is -2.49. The van der Waals surface area contributed by atoms with E-state index in [1.807, 2.05) is 11.3 Å². The number of hydrogen-bond donors (Lipinski definition) is 0. The lowest BCUT2D eigenvalue weighted by molar-refractivity contribution is 0.0426. The van der Waals surface area contributed by atoms with Crippen molar-refractivity contribution in [2.24, 2.45) is 23.7 Å². The zero-order valence-corrected chi connectivity index (χ0v) is 39.6. The van der Waals surface area contributed by atoms with Gasteiger partial charge >= 0.3 is 0 Å². The van der Waals surface area contributed by atoms with Crippen molar-refractivity contribution in [2.75, 3.05) is 4.90 Å². The van der Waals surface area contributed by atoms with Gasteiger partial charge < -0.3 is 4.90 Å². The SMILES string of the molecule is C[C@@H]1CC2C[C@H](C1)[C@@]1(c3ccccc3-c3cc(-c4ccc5c(c4)sc4ccc(N(c6ccc(-c7ccccc7)cc6)c6ccc7c(c6)C6(CCCCC6)c6ccccc6-7)cc45)ccc31)[C@@H](C)C2. The van der Waals surface area contributed by atoms with Crippen LogP contribution in [-0.4, -0.2) is 0 Å². The first-order chi connectivity index (χ1) is 33.0. The summed E-state index contributed by atoms with van der Waals surface area (Å²) in [6.07, 6.45) is 11.8. The average Bonchev–Trinajstić information content (AvgIpc) is 3.98. The fraction of sp³-hybridized carbons (Fsp3) is 0.262. The fourth-order valence-corrected chi connectivity index (χ4v) is 16.3. The molecule has 14 rings (SSSR count). The quantitative estimate of drug-likeness (QED) is 0.166. The minimum absolute atomic E-state index is 0.0872. The summed E-state index contributed by atoms with van der Waals surface area (Å²) in [5.41, 5.74) is 21.0. The highest BCUT2D eigenvalue weighted by Gasteiger charge is 2.56. The Balaban J connectivity index is 0.869. The molecule has 5 atom stereocenters. The molecule has 8 aromatic carbocycles. The maximum absolute atomic E-state index is 2.58. The highest BCUT2D eigenvalue weighted by atomic mass is 32.1. The van der Waals surface area contributed by atoms with Gasteiger partial charge in [-0.25, -0.2) is 0 Å². The molecule has 5 aliphatic rings. The Bertz CT molecular complexity index is 3400. The average molecular weight is 884 g/mol. The van der Waals surface area contributed by atoms with E-state index in [4.69, 9.17) is 0 Å². The molecule has 0 amide bonds. The van der Waals surface area contributed by atoms with Crippen molar-refractivity contribution in [2.45, 2.75) is 82.5 Å². The highest BCUT2D eigenvalue weighted by molar-refractivity contribution is 7.25. The van der Waals surface area contributed by atoms with E-state index >= 15 is 0 Å². The van der Waals surface area contributed by atoms with Crippen LogP contribution in [0.5, 0.6) is 0 Å². The van der Waals surface area contributed by atoms with Crippen LogP contribution in [0.3, 0.4) is 0 Å². The molecule has 1 aromatic heterocycles. The van der Waals surface area contributed by atoms with Gasteiger partial charge in [0.05, 0.1) is 0 Å². The van der Waals surface area contributed by atoms with Crippen molar-refractivity contribution in [1.29, 1.82) is 0 Å². The number of nitrogens with zero attached hydrogens (tertiary/aromatic N) is 1. The number of thiophene rings is 1. The molecule has 5 aliphatic carbocycles. The number of benzene rings is 8. The van der Waals surface area contributed by atoms with Gasteiger partial charge in [-0.3, -0.25) is 0 Å². The van der Waals surface area contributed by atoms with Crippen LogP contribution >= 0.6 is 11.3 Å². The van der Waals surface area contributed by atoms with Gasteiger partial charge in [-0.2, -0.15) is 0 Å². The molecule has 2 spiro atoms. The van der Waals surface area contributed by atoms with E-state index in [0.29, 0.717) is 5.92 Å². The van der Waals surface area contributed by atoms with Crippen LogP contribution < -0.4 is 4.90 Å². The summed E-state index contributed by atoms with van der Waals surface area (Å²) in [7, 11) is 0. The van der Waals surface area contributed by atoms with E-state index in [2.05, 4.69) is 195 Å².